The van der Waals surface area contributed by atoms with Crippen molar-refractivity contribution in [1.29, 1.82) is 0 Å². The second kappa shape index (κ2) is 12.3. The molecule has 0 saturated heterocycles. The van der Waals surface area contributed by atoms with Gasteiger partial charge in [-0.05, 0) is 77.7 Å². The minimum Gasteiger partial charge on any atom is -0.457 e. The van der Waals surface area contributed by atoms with Gasteiger partial charge in [-0.25, -0.2) is 0 Å². The first kappa shape index (κ1) is 26.1. The normalized spacial score (nSPS) is 13.5. The van der Waals surface area contributed by atoms with Crippen molar-refractivity contribution < 1.29 is 23.0 Å². The molecule has 0 aliphatic rings. The van der Waals surface area contributed by atoms with Crippen LogP contribution in [0.4, 0.5) is 13.2 Å². The maximum Gasteiger partial charge on any atom is 0.446 e. The lowest BCUT2D eigenvalue weighted by atomic mass is 9.98. The van der Waals surface area contributed by atoms with Gasteiger partial charge in [-0.15, -0.1) is 0 Å². The Morgan fingerprint density at radius 1 is 0.912 bits per heavy atom. The third kappa shape index (κ3) is 8.08. The van der Waals surface area contributed by atoms with E-state index in [4.69, 9.17) is 4.74 Å². The van der Waals surface area contributed by atoms with Crippen molar-refractivity contribution in [3.8, 4) is 11.5 Å². The molecule has 0 saturated carbocycles. The van der Waals surface area contributed by atoms with Crippen molar-refractivity contribution in [2.45, 2.75) is 55.7 Å². The number of hydrogen-bond acceptors (Lipinski definition) is 4. The van der Waals surface area contributed by atoms with E-state index in [0.717, 1.165) is 29.7 Å². The molecule has 0 heterocycles. The molecular weight excluding hydrogens is 459 g/mol. The topological polar surface area (TPSA) is 41.5 Å². The van der Waals surface area contributed by atoms with E-state index in [1.54, 1.807) is 18.2 Å². The number of alkyl halides is 3. The SMILES string of the molecule is CCCC(O)CNC(c1cccc(Oc2cccc(CC)c2)c1)c1cccc(SC(F)(F)F)c1. The van der Waals surface area contributed by atoms with Crippen molar-refractivity contribution in [2.24, 2.45) is 0 Å². The molecule has 2 atom stereocenters. The summed E-state index contributed by atoms with van der Waals surface area (Å²) in [6.07, 6.45) is 1.83. The van der Waals surface area contributed by atoms with Gasteiger partial charge in [-0.1, -0.05) is 56.7 Å². The highest BCUT2D eigenvalue weighted by atomic mass is 32.2. The molecule has 0 spiro atoms. The van der Waals surface area contributed by atoms with Gasteiger partial charge in [0.1, 0.15) is 11.5 Å². The number of rotatable bonds is 11. The van der Waals surface area contributed by atoms with Crippen LogP contribution in [0.15, 0.2) is 77.7 Å². The lowest BCUT2D eigenvalue weighted by Gasteiger charge is -2.23. The zero-order valence-electron chi connectivity index (χ0n) is 19.3. The lowest BCUT2D eigenvalue weighted by molar-refractivity contribution is -0.0328. The molecule has 2 N–H and O–H groups in total. The van der Waals surface area contributed by atoms with Gasteiger partial charge >= 0.3 is 5.51 Å². The molecule has 3 aromatic carbocycles. The standard InChI is InChI=1S/C27H30F3NO2S/c1-3-8-22(32)18-31-26(21-11-7-14-25(17-21)34-27(28,29)30)20-10-6-13-24(16-20)33-23-12-5-9-19(4-2)15-23/h5-7,9-17,22,26,31-32H,3-4,8,18H2,1-2H3. The minimum atomic E-state index is -4.36. The molecule has 0 aliphatic carbocycles. The van der Waals surface area contributed by atoms with E-state index in [0.29, 0.717) is 24.3 Å². The molecule has 3 aromatic rings. The third-order valence-corrected chi connectivity index (χ3v) is 6.06. The van der Waals surface area contributed by atoms with Crippen molar-refractivity contribution in [2.75, 3.05) is 6.54 Å². The van der Waals surface area contributed by atoms with Crippen LogP contribution in [0.5, 0.6) is 11.5 Å². The molecule has 0 radical (unpaired) electrons. The number of benzene rings is 3. The predicted molar refractivity (Wildman–Crippen MR) is 131 cm³/mol. The van der Waals surface area contributed by atoms with Crippen molar-refractivity contribution in [3.63, 3.8) is 0 Å². The van der Waals surface area contributed by atoms with Gasteiger partial charge in [0.05, 0.1) is 12.1 Å². The Bertz CT molecular complexity index is 1060. The molecular formula is C27H30F3NO2S. The Hall–Kier alpha value is -2.48. The molecule has 0 aromatic heterocycles. The van der Waals surface area contributed by atoms with Gasteiger partial charge in [0, 0.05) is 11.4 Å². The molecule has 34 heavy (non-hydrogen) atoms. The zero-order chi connectivity index (χ0) is 24.6. The average molecular weight is 490 g/mol. The van der Waals surface area contributed by atoms with Crippen LogP contribution in [-0.4, -0.2) is 23.3 Å². The monoisotopic (exact) mass is 489 g/mol. The van der Waals surface area contributed by atoms with E-state index in [2.05, 4.69) is 12.2 Å². The highest BCUT2D eigenvalue weighted by Crippen LogP contribution is 2.38. The summed E-state index contributed by atoms with van der Waals surface area (Å²) in [5.41, 5.74) is -1.68. The Morgan fingerprint density at radius 3 is 2.24 bits per heavy atom. The van der Waals surface area contributed by atoms with Gasteiger partial charge in [-0.3, -0.25) is 0 Å². The van der Waals surface area contributed by atoms with Crippen LogP contribution < -0.4 is 10.1 Å². The second-order valence-electron chi connectivity index (χ2n) is 8.08. The smallest absolute Gasteiger partial charge is 0.446 e. The highest BCUT2D eigenvalue weighted by Gasteiger charge is 2.29. The Morgan fingerprint density at radius 2 is 1.56 bits per heavy atom. The number of ether oxygens (including phenoxy) is 1. The molecule has 2 unspecified atom stereocenters. The number of nitrogens with one attached hydrogen (secondary N) is 1. The van der Waals surface area contributed by atoms with Gasteiger partial charge in [0.25, 0.3) is 0 Å². The Balaban J connectivity index is 1.90. The minimum absolute atomic E-state index is 0.120. The highest BCUT2D eigenvalue weighted by molar-refractivity contribution is 8.00. The second-order valence-corrected chi connectivity index (χ2v) is 9.22. The number of aryl methyl sites for hydroxylation is 1. The maximum atomic E-state index is 12.9. The van der Waals surface area contributed by atoms with Gasteiger partial charge in [0.15, 0.2) is 0 Å². The zero-order valence-corrected chi connectivity index (χ0v) is 20.1. The molecule has 0 amide bonds. The van der Waals surface area contributed by atoms with Gasteiger partial charge < -0.3 is 15.2 Å². The summed E-state index contributed by atoms with van der Waals surface area (Å²) < 4.78 is 44.9. The van der Waals surface area contributed by atoms with E-state index in [9.17, 15) is 18.3 Å². The van der Waals surface area contributed by atoms with Crippen LogP contribution in [-0.2, 0) is 6.42 Å². The average Bonchev–Trinajstić information content (AvgIpc) is 2.79. The maximum absolute atomic E-state index is 12.9. The molecule has 0 fully saturated rings. The molecule has 0 aliphatic heterocycles. The van der Waals surface area contributed by atoms with Crippen molar-refractivity contribution in [3.05, 3.63) is 89.5 Å². The third-order valence-electron chi connectivity index (χ3n) is 5.34. The largest absolute Gasteiger partial charge is 0.457 e. The van der Waals surface area contributed by atoms with Crippen LogP contribution >= 0.6 is 11.8 Å². The molecule has 0 bridgehead atoms. The number of thioether (sulfide) groups is 1. The summed E-state index contributed by atoms with van der Waals surface area (Å²) >= 11 is -0.133. The van der Waals surface area contributed by atoms with E-state index in [1.165, 1.54) is 6.07 Å². The van der Waals surface area contributed by atoms with Gasteiger partial charge in [-0.2, -0.15) is 13.2 Å². The summed E-state index contributed by atoms with van der Waals surface area (Å²) in [7, 11) is 0. The number of aliphatic hydroxyl groups is 1. The first-order valence-corrected chi connectivity index (χ1v) is 12.2. The summed E-state index contributed by atoms with van der Waals surface area (Å²) in [5.74, 6) is 1.36. The molecule has 182 valence electrons. The quantitative estimate of drug-likeness (QED) is 0.274. The number of aliphatic hydroxyl groups excluding tert-OH is 1. The van der Waals surface area contributed by atoms with E-state index in [1.807, 2.05) is 55.5 Å². The first-order valence-electron chi connectivity index (χ1n) is 11.4. The summed E-state index contributed by atoms with van der Waals surface area (Å²) in [6.45, 7) is 4.39. The van der Waals surface area contributed by atoms with Crippen molar-refractivity contribution >= 4 is 11.8 Å². The van der Waals surface area contributed by atoms with E-state index < -0.39 is 17.7 Å². The lowest BCUT2D eigenvalue weighted by Crippen LogP contribution is -2.31. The Labute approximate surface area is 203 Å². The predicted octanol–water partition coefficient (Wildman–Crippen LogP) is 7.49. The number of halogens is 3. The van der Waals surface area contributed by atoms with Crippen LogP contribution in [0.25, 0.3) is 0 Å². The summed E-state index contributed by atoms with van der Waals surface area (Å²) in [5, 5.41) is 13.6. The fourth-order valence-electron chi connectivity index (χ4n) is 3.73. The summed E-state index contributed by atoms with van der Waals surface area (Å²) in [4.78, 5) is 0.120. The van der Waals surface area contributed by atoms with Crippen LogP contribution in [0.2, 0.25) is 0 Å². The van der Waals surface area contributed by atoms with Crippen LogP contribution in [0.1, 0.15) is 49.4 Å². The molecule has 3 rings (SSSR count). The van der Waals surface area contributed by atoms with Crippen LogP contribution in [0, 0.1) is 0 Å². The van der Waals surface area contributed by atoms with Crippen LogP contribution in [0.3, 0.4) is 0 Å². The Kier molecular flexibility index (Phi) is 9.45. The first-order chi connectivity index (χ1) is 16.3. The molecule has 3 nitrogen and oxygen atoms in total. The fraction of sp³-hybridized carbons (Fsp3) is 0.333. The fourth-order valence-corrected chi connectivity index (χ4v) is 4.34. The van der Waals surface area contributed by atoms with E-state index in [-0.39, 0.29) is 16.7 Å². The number of hydrogen-bond donors (Lipinski definition) is 2. The van der Waals surface area contributed by atoms with Gasteiger partial charge in [0.2, 0.25) is 0 Å². The van der Waals surface area contributed by atoms with Crippen molar-refractivity contribution in [1.82, 2.24) is 5.32 Å². The van der Waals surface area contributed by atoms with E-state index >= 15 is 0 Å². The molecule has 7 heteroatoms. The summed E-state index contributed by atoms with van der Waals surface area (Å²) in [6, 6.07) is 21.4.